The molecule has 0 aliphatic heterocycles. The number of alkyl halides is 3. The maximum absolute atomic E-state index is 12.4. The van der Waals surface area contributed by atoms with E-state index in [4.69, 9.17) is 5.73 Å². The monoisotopic (exact) mass is 251 g/mol. The molecule has 0 aromatic heterocycles. The lowest BCUT2D eigenvalue weighted by Crippen LogP contribution is -2.06. The topological polar surface area (TPSA) is 26.0 Å². The first-order valence-corrected chi connectivity index (χ1v) is 4.89. The Hall–Kier alpha value is -0.740. The second-order valence-electron chi connectivity index (χ2n) is 3.96. The maximum atomic E-state index is 12.4. The molecule has 2 rings (SSSR count). The number of rotatable bonds is 2. The van der Waals surface area contributed by atoms with Gasteiger partial charge in [0.15, 0.2) is 0 Å². The minimum Gasteiger partial charge on any atom is -0.330 e. The molecule has 1 fully saturated rings. The van der Waals surface area contributed by atoms with Crippen LogP contribution in [0.25, 0.3) is 0 Å². The highest BCUT2D eigenvalue weighted by atomic mass is 35.5. The molecular formula is C11H13ClF3N. The first kappa shape index (κ1) is 13.3. The smallest absolute Gasteiger partial charge is 0.330 e. The zero-order valence-corrected chi connectivity index (χ0v) is 9.31. The van der Waals surface area contributed by atoms with Gasteiger partial charge in [0, 0.05) is 0 Å². The van der Waals surface area contributed by atoms with Crippen molar-refractivity contribution in [1.29, 1.82) is 0 Å². The standard InChI is InChI=1S/C11H12F3N.ClH/c12-11(13,14)9-3-1-2-7(4-9)10-5-8(10)6-15;/h1-4,8,10H,5-6,15H2;1H/t8-,10-;/m1./s1. The van der Waals surface area contributed by atoms with E-state index in [1.54, 1.807) is 6.07 Å². The quantitative estimate of drug-likeness (QED) is 0.858. The highest BCUT2D eigenvalue weighted by Crippen LogP contribution is 2.47. The molecule has 0 radical (unpaired) electrons. The molecule has 1 nitrogen and oxygen atoms in total. The van der Waals surface area contributed by atoms with Crippen LogP contribution in [-0.2, 0) is 6.18 Å². The largest absolute Gasteiger partial charge is 0.416 e. The summed E-state index contributed by atoms with van der Waals surface area (Å²) in [5.41, 5.74) is 5.66. The Balaban J connectivity index is 0.00000128. The van der Waals surface area contributed by atoms with Gasteiger partial charge in [0.25, 0.3) is 0 Å². The van der Waals surface area contributed by atoms with Gasteiger partial charge in [-0.2, -0.15) is 13.2 Å². The van der Waals surface area contributed by atoms with Crippen LogP contribution in [0.3, 0.4) is 0 Å². The van der Waals surface area contributed by atoms with Gasteiger partial charge in [0.05, 0.1) is 5.56 Å². The lowest BCUT2D eigenvalue weighted by molar-refractivity contribution is -0.137. The third kappa shape index (κ3) is 2.68. The molecule has 1 aliphatic carbocycles. The number of benzene rings is 1. The van der Waals surface area contributed by atoms with Crippen LogP contribution in [-0.4, -0.2) is 6.54 Å². The number of halogens is 4. The summed E-state index contributed by atoms with van der Waals surface area (Å²) >= 11 is 0. The Morgan fingerprint density at radius 3 is 2.50 bits per heavy atom. The van der Waals surface area contributed by atoms with Crippen LogP contribution in [0.15, 0.2) is 24.3 Å². The van der Waals surface area contributed by atoms with Crippen molar-refractivity contribution in [2.45, 2.75) is 18.5 Å². The third-order valence-corrected chi connectivity index (χ3v) is 2.87. The van der Waals surface area contributed by atoms with Crippen molar-refractivity contribution in [2.75, 3.05) is 6.54 Å². The Bertz CT molecular complexity index is 364. The van der Waals surface area contributed by atoms with Gasteiger partial charge in [-0.25, -0.2) is 0 Å². The first-order chi connectivity index (χ1) is 7.02. The fourth-order valence-electron chi connectivity index (χ4n) is 1.86. The van der Waals surface area contributed by atoms with Gasteiger partial charge in [0.1, 0.15) is 0 Å². The molecule has 2 atom stereocenters. The lowest BCUT2D eigenvalue weighted by Gasteiger charge is -2.08. The van der Waals surface area contributed by atoms with Gasteiger partial charge < -0.3 is 5.73 Å². The Morgan fingerprint density at radius 1 is 1.31 bits per heavy atom. The molecule has 0 saturated heterocycles. The normalized spacial score (nSPS) is 23.8. The SMILES string of the molecule is Cl.NC[C@H]1C[C@@H]1c1cccc(C(F)(F)F)c1. The first-order valence-electron chi connectivity index (χ1n) is 4.89. The lowest BCUT2D eigenvalue weighted by atomic mass is 10.1. The van der Waals surface area contributed by atoms with Gasteiger partial charge in [-0.1, -0.05) is 18.2 Å². The van der Waals surface area contributed by atoms with Crippen molar-refractivity contribution < 1.29 is 13.2 Å². The van der Waals surface area contributed by atoms with Crippen molar-refractivity contribution in [3.63, 3.8) is 0 Å². The van der Waals surface area contributed by atoms with Gasteiger partial charge in [-0.15, -0.1) is 12.4 Å². The molecule has 90 valence electrons. The van der Waals surface area contributed by atoms with Crippen LogP contribution < -0.4 is 5.73 Å². The van der Waals surface area contributed by atoms with Gasteiger partial charge in [0.2, 0.25) is 0 Å². The number of nitrogens with two attached hydrogens (primary N) is 1. The zero-order chi connectivity index (χ0) is 11.1. The van der Waals surface area contributed by atoms with E-state index in [1.807, 2.05) is 0 Å². The Labute approximate surface area is 98.2 Å². The molecule has 0 unspecified atom stereocenters. The summed E-state index contributed by atoms with van der Waals surface area (Å²) in [6.45, 7) is 0.556. The molecule has 1 aromatic rings. The molecule has 2 N–H and O–H groups in total. The van der Waals surface area contributed by atoms with Gasteiger partial charge >= 0.3 is 6.18 Å². The van der Waals surface area contributed by atoms with Crippen molar-refractivity contribution in [2.24, 2.45) is 11.7 Å². The maximum Gasteiger partial charge on any atom is 0.416 e. The molecular weight excluding hydrogens is 239 g/mol. The van der Waals surface area contributed by atoms with Crippen molar-refractivity contribution in [3.05, 3.63) is 35.4 Å². The van der Waals surface area contributed by atoms with Crippen molar-refractivity contribution >= 4 is 12.4 Å². The average Bonchev–Trinajstić information content (AvgIpc) is 2.95. The molecule has 0 bridgehead atoms. The minimum atomic E-state index is -4.25. The summed E-state index contributed by atoms with van der Waals surface area (Å²) in [4.78, 5) is 0. The summed E-state index contributed by atoms with van der Waals surface area (Å²) in [6.07, 6.45) is -3.33. The molecule has 0 heterocycles. The highest BCUT2D eigenvalue weighted by molar-refractivity contribution is 5.85. The summed E-state index contributed by atoms with van der Waals surface area (Å²) in [5, 5.41) is 0. The third-order valence-electron chi connectivity index (χ3n) is 2.87. The van der Waals surface area contributed by atoms with E-state index in [-0.39, 0.29) is 18.3 Å². The van der Waals surface area contributed by atoms with E-state index in [0.29, 0.717) is 12.5 Å². The molecule has 1 saturated carbocycles. The van der Waals surface area contributed by atoms with E-state index in [1.165, 1.54) is 12.1 Å². The number of hydrogen-bond acceptors (Lipinski definition) is 1. The van der Waals surface area contributed by atoms with Gasteiger partial charge in [-0.05, 0) is 36.4 Å². The summed E-state index contributed by atoms with van der Waals surface area (Å²) < 4.78 is 37.2. The van der Waals surface area contributed by atoms with Crippen LogP contribution in [0.1, 0.15) is 23.5 Å². The Morgan fingerprint density at radius 2 is 2.00 bits per heavy atom. The van der Waals surface area contributed by atoms with Crippen LogP contribution in [0, 0.1) is 5.92 Å². The van der Waals surface area contributed by atoms with Crippen LogP contribution in [0.4, 0.5) is 13.2 Å². The number of hydrogen-bond donors (Lipinski definition) is 1. The second kappa shape index (κ2) is 4.63. The van der Waals surface area contributed by atoms with Crippen LogP contribution >= 0.6 is 12.4 Å². The Kier molecular flexibility index (Phi) is 3.86. The summed E-state index contributed by atoms with van der Waals surface area (Å²) in [6, 6.07) is 5.54. The summed E-state index contributed by atoms with van der Waals surface area (Å²) in [7, 11) is 0. The second-order valence-corrected chi connectivity index (χ2v) is 3.96. The minimum absolute atomic E-state index is 0. The zero-order valence-electron chi connectivity index (χ0n) is 8.50. The molecule has 1 aliphatic rings. The van der Waals surface area contributed by atoms with Crippen LogP contribution in [0.5, 0.6) is 0 Å². The van der Waals surface area contributed by atoms with E-state index < -0.39 is 11.7 Å². The molecule has 1 aromatic carbocycles. The predicted octanol–water partition coefficient (Wildman–Crippen LogP) is 3.19. The molecule has 0 spiro atoms. The van der Waals surface area contributed by atoms with E-state index in [2.05, 4.69) is 0 Å². The average molecular weight is 252 g/mol. The predicted molar refractivity (Wildman–Crippen MR) is 58.6 cm³/mol. The van der Waals surface area contributed by atoms with Crippen molar-refractivity contribution in [1.82, 2.24) is 0 Å². The molecule has 0 amide bonds. The highest BCUT2D eigenvalue weighted by Gasteiger charge is 2.38. The fourth-order valence-corrected chi connectivity index (χ4v) is 1.86. The molecule has 5 heteroatoms. The summed E-state index contributed by atoms with van der Waals surface area (Å²) in [5.74, 6) is 0.603. The molecule has 16 heavy (non-hydrogen) atoms. The fraction of sp³-hybridized carbons (Fsp3) is 0.455. The van der Waals surface area contributed by atoms with Crippen LogP contribution in [0.2, 0.25) is 0 Å². The van der Waals surface area contributed by atoms with Gasteiger partial charge in [-0.3, -0.25) is 0 Å². The van der Waals surface area contributed by atoms with E-state index in [9.17, 15) is 13.2 Å². The van der Waals surface area contributed by atoms with Crippen molar-refractivity contribution in [3.8, 4) is 0 Å². The van der Waals surface area contributed by atoms with E-state index in [0.717, 1.165) is 18.1 Å². The van der Waals surface area contributed by atoms with E-state index >= 15 is 0 Å².